The summed E-state index contributed by atoms with van der Waals surface area (Å²) in [4.78, 5) is 4.92. The van der Waals surface area contributed by atoms with E-state index in [1.165, 1.54) is 23.4 Å². The molecule has 4 nitrogen and oxygen atoms in total. The van der Waals surface area contributed by atoms with Gasteiger partial charge in [-0.25, -0.2) is 0 Å². The average Bonchev–Trinajstić information content (AvgIpc) is 3.06. The van der Waals surface area contributed by atoms with Gasteiger partial charge in [0.05, 0.1) is 13.2 Å². The van der Waals surface area contributed by atoms with Crippen LogP contribution in [0.3, 0.4) is 0 Å². The summed E-state index contributed by atoms with van der Waals surface area (Å²) >= 11 is 0. The van der Waals surface area contributed by atoms with Crippen LogP contribution in [0.25, 0.3) is 0 Å². The molecule has 1 saturated heterocycles. The molecular formula is C19H30N2O2. The van der Waals surface area contributed by atoms with Gasteiger partial charge < -0.3 is 14.8 Å². The number of aryl methyl sites for hydroxylation is 1. The van der Waals surface area contributed by atoms with Crippen molar-refractivity contribution in [3.8, 4) is 5.75 Å². The lowest BCUT2D eigenvalue weighted by Gasteiger charge is -2.23. The maximum atomic E-state index is 5.88. The number of pyridine rings is 1. The first kappa shape index (κ1) is 16.7. The zero-order chi connectivity index (χ0) is 16.1. The monoisotopic (exact) mass is 318 g/mol. The first-order valence-electron chi connectivity index (χ1n) is 9.14. The molecule has 0 bridgehead atoms. The van der Waals surface area contributed by atoms with Crippen molar-refractivity contribution in [3.63, 3.8) is 0 Å². The number of rotatable bonds is 7. The topological polar surface area (TPSA) is 43.4 Å². The summed E-state index contributed by atoms with van der Waals surface area (Å²) in [5.74, 6) is 1.79. The van der Waals surface area contributed by atoms with Crippen LogP contribution in [0.1, 0.15) is 49.6 Å². The van der Waals surface area contributed by atoms with E-state index in [9.17, 15) is 0 Å². The fourth-order valence-corrected chi connectivity index (χ4v) is 3.65. The zero-order valence-corrected chi connectivity index (χ0v) is 14.6. The molecule has 1 aromatic heterocycles. The zero-order valence-electron chi connectivity index (χ0n) is 14.6. The second kappa shape index (κ2) is 8.11. The Balaban J connectivity index is 1.50. The van der Waals surface area contributed by atoms with E-state index in [0.717, 1.165) is 69.9 Å². The third kappa shape index (κ3) is 4.45. The van der Waals surface area contributed by atoms with Gasteiger partial charge in [0.25, 0.3) is 0 Å². The molecule has 0 aromatic carbocycles. The predicted molar refractivity (Wildman–Crippen MR) is 92.1 cm³/mol. The summed E-state index contributed by atoms with van der Waals surface area (Å²) in [6.07, 6.45) is 8.29. The molecule has 23 heavy (non-hydrogen) atoms. The minimum atomic E-state index is 0.429. The van der Waals surface area contributed by atoms with Crippen molar-refractivity contribution in [3.05, 3.63) is 23.0 Å². The van der Waals surface area contributed by atoms with E-state index in [2.05, 4.69) is 18.3 Å². The number of methoxy groups -OCH3 is 1. The molecule has 2 heterocycles. The van der Waals surface area contributed by atoms with E-state index >= 15 is 0 Å². The fraction of sp³-hybridized carbons (Fsp3) is 0.737. The Kier molecular flexibility index (Phi) is 5.90. The van der Waals surface area contributed by atoms with Crippen LogP contribution >= 0.6 is 0 Å². The number of hydrogen-bond acceptors (Lipinski definition) is 4. The summed E-state index contributed by atoms with van der Waals surface area (Å²) in [7, 11) is 1.78. The molecule has 1 fully saturated rings. The second-order valence-electron chi connectivity index (χ2n) is 7.03. The molecular weight excluding hydrogens is 288 g/mol. The minimum absolute atomic E-state index is 0.429. The summed E-state index contributed by atoms with van der Waals surface area (Å²) in [6, 6.07) is 2.15. The Morgan fingerprint density at radius 1 is 1.30 bits per heavy atom. The lowest BCUT2D eigenvalue weighted by atomic mass is 9.87. The summed E-state index contributed by atoms with van der Waals surface area (Å²) in [6.45, 7) is 5.30. The van der Waals surface area contributed by atoms with Crippen LogP contribution in [0.5, 0.6) is 5.75 Å². The molecule has 4 heteroatoms. The lowest BCUT2D eigenvalue weighted by molar-refractivity contribution is 0.0645. The summed E-state index contributed by atoms with van der Waals surface area (Å²) in [5.41, 5.74) is 3.79. The Bertz CT molecular complexity index is 512. The van der Waals surface area contributed by atoms with Gasteiger partial charge in [-0.3, -0.25) is 4.98 Å². The molecule has 0 radical (unpaired) electrons. The summed E-state index contributed by atoms with van der Waals surface area (Å²) in [5, 5.41) is 3.34. The maximum absolute atomic E-state index is 5.88. The fourth-order valence-electron chi connectivity index (χ4n) is 3.65. The highest BCUT2D eigenvalue weighted by Crippen LogP contribution is 2.31. The van der Waals surface area contributed by atoms with E-state index in [0.29, 0.717) is 6.10 Å². The van der Waals surface area contributed by atoms with Gasteiger partial charge >= 0.3 is 0 Å². The van der Waals surface area contributed by atoms with E-state index in [1.54, 1.807) is 7.11 Å². The molecule has 1 aromatic rings. The predicted octanol–water partition coefficient (Wildman–Crippen LogP) is 2.92. The third-order valence-electron chi connectivity index (χ3n) is 5.07. The molecule has 1 N–H and O–H groups in total. The molecule has 1 aliphatic heterocycles. The smallest absolute Gasteiger partial charge is 0.125 e. The average molecular weight is 318 g/mol. The van der Waals surface area contributed by atoms with E-state index in [1.807, 2.05) is 0 Å². The summed E-state index contributed by atoms with van der Waals surface area (Å²) < 4.78 is 11.5. The van der Waals surface area contributed by atoms with Gasteiger partial charge in [0.15, 0.2) is 0 Å². The Labute approximate surface area is 140 Å². The first-order chi connectivity index (χ1) is 11.3. The molecule has 0 saturated carbocycles. The van der Waals surface area contributed by atoms with Gasteiger partial charge in [-0.15, -0.1) is 0 Å². The van der Waals surface area contributed by atoms with Crippen molar-refractivity contribution >= 4 is 0 Å². The number of unbranched alkanes of at least 4 members (excludes halogenated alkanes) is 1. The molecule has 2 atom stereocenters. The quantitative estimate of drug-likeness (QED) is 0.785. The molecule has 2 aliphatic rings. The lowest BCUT2D eigenvalue weighted by Crippen LogP contribution is -2.17. The van der Waals surface area contributed by atoms with Crippen LogP contribution in [0, 0.1) is 5.92 Å². The van der Waals surface area contributed by atoms with Crippen molar-refractivity contribution in [2.75, 3.05) is 26.8 Å². The van der Waals surface area contributed by atoms with Crippen molar-refractivity contribution < 1.29 is 9.47 Å². The number of ether oxygens (including phenoxy) is 2. The van der Waals surface area contributed by atoms with Crippen LogP contribution in [-0.4, -0.2) is 37.9 Å². The SMILES string of the molecule is COc1cc(CCCCO[C@@H]2CCNC2)nc2c1CCC(C)C2. The highest BCUT2D eigenvalue weighted by Gasteiger charge is 2.21. The Hall–Kier alpha value is -1.13. The normalized spacial score (nSPS) is 23.7. The van der Waals surface area contributed by atoms with E-state index < -0.39 is 0 Å². The van der Waals surface area contributed by atoms with Crippen LogP contribution in [0.2, 0.25) is 0 Å². The third-order valence-corrected chi connectivity index (χ3v) is 5.07. The van der Waals surface area contributed by atoms with Gasteiger partial charge in [0.2, 0.25) is 0 Å². The number of nitrogens with zero attached hydrogens (tertiary/aromatic N) is 1. The van der Waals surface area contributed by atoms with Crippen LogP contribution < -0.4 is 10.1 Å². The largest absolute Gasteiger partial charge is 0.496 e. The molecule has 1 aliphatic carbocycles. The minimum Gasteiger partial charge on any atom is -0.496 e. The number of fused-ring (bicyclic) bond motifs is 1. The highest BCUT2D eigenvalue weighted by atomic mass is 16.5. The van der Waals surface area contributed by atoms with Crippen LogP contribution in [0.4, 0.5) is 0 Å². The number of hydrogen-bond donors (Lipinski definition) is 1. The standard InChI is InChI=1S/C19H30N2O2/c1-14-6-7-17-18(11-14)21-15(12-19(17)22-2)5-3-4-10-23-16-8-9-20-13-16/h12,14,16,20H,3-11,13H2,1-2H3/t14?,16-/m1/s1. The van der Waals surface area contributed by atoms with Crippen molar-refractivity contribution in [2.45, 2.75) is 58.0 Å². The molecule has 1 unspecified atom stereocenters. The first-order valence-corrected chi connectivity index (χ1v) is 9.14. The van der Waals surface area contributed by atoms with Gasteiger partial charge in [0.1, 0.15) is 5.75 Å². The maximum Gasteiger partial charge on any atom is 0.125 e. The van der Waals surface area contributed by atoms with Crippen molar-refractivity contribution in [1.29, 1.82) is 0 Å². The van der Waals surface area contributed by atoms with Crippen LogP contribution in [-0.2, 0) is 24.0 Å². The molecule has 128 valence electrons. The van der Waals surface area contributed by atoms with Crippen molar-refractivity contribution in [2.24, 2.45) is 5.92 Å². The highest BCUT2D eigenvalue weighted by molar-refractivity contribution is 5.40. The number of nitrogens with one attached hydrogen (secondary N) is 1. The van der Waals surface area contributed by atoms with Crippen LogP contribution in [0.15, 0.2) is 6.07 Å². The van der Waals surface area contributed by atoms with Gasteiger partial charge in [-0.2, -0.15) is 0 Å². The molecule has 0 amide bonds. The van der Waals surface area contributed by atoms with Gasteiger partial charge in [0, 0.05) is 36.2 Å². The van der Waals surface area contributed by atoms with Crippen molar-refractivity contribution in [1.82, 2.24) is 10.3 Å². The molecule has 0 spiro atoms. The molecule has 3 rings (SSSR count). The second-order valence-corrected chi connectivity index (χ2v) is 7.03. The number of aromatic nitrogens is 1. The van der Waals surface area contributed by atoms with E-state index in [-0.39, 0.29) is 0 Å². The van der Waals surface area contributed by atoms with Gasteiger partial charge in [-0.1, -0.05) is 6.92 Å². The van der Waals surface area contributed by atoms with Gasteiger partial charge in [-0.05, 0) is 57.4 Å². The van der Waals surface area contributed by atoms with E-state index in [4.69, 9.17) is 14.5 Å². The Morgan fingerprint density at radius 2 is 2.22 bits per heavy atom. The Morgan fingerprint density at radius 3 is 3.00 bits per heavy atom.